The van der Waals surface area contributed by atoms with Gasteiger partial charge in [-0.15, -0.1) is 0 Å². The van der Waals surface area contributed by atoms with Gasteiger partial charge in [-0.1, -0.05) is 32.0 Å². The number of fused-ring (bicyclic) bond motifs is 1. The molecule has 0 saturated heterocycles. The highest BCUT2D eigenvalue weighted by Crippen LogP contribution is 2.32. The summed E-state index contributed by atoms with van der Waals surface area (Å²) in [7, 11) is 0. The van der Waals surface area contributed by atoms with E-state index in [0.717, 1.165) is 30.0 Å². The fourth-order valence-electron chi connectivity index (χ4n) is 2.88. The van der Waals surface area contributed by atoms with Crippen LogP contribution in [-0.4, -0.2) is 37.3 Å². The van der Waals surface area contributed by atoms with Crippen molar-refractivity contribution in [1.29, 1.82) is 0 Å². The summed E-state index contributed by atoms with van der Waals surface area (Å²) in [6.45, 7) is 6.70. The second-order valence-electron chi connectivity index (χ2n) is 6.38. The number of nitrogens with one attached hydrogen (secondary N) is 1. The van der Waals surface area contributed by atoms with Crippen LogP contribution in [0.15, 0.2) is 42.5 Å². The van der Waals surface area contributed by atoms with E-state index in [-0.39, 0.29) is 12.7 Å². The number of benzene rings is 2. The maximum Gasteiger partial charge on any atom is 0.238 e. The van der Waals surface area contributed by atoms with Gasteiger partial charge in [-0.2, -0.15) is 0 Å². The molecule has 6 heteroatoms. The van der Waals surface area contributed by atoms with E-state index in [1.54, 1.807) is 0 Å². The van der Waals surface area contributed by atoms with Gasteiger partial charge >= 0.3 is 0 Å². The minimum absolute atomic E-state index is 0.0647. The quantitative estimate of drug-likeness (QED) is 0.730. The molecule has 1 N–H and O–H groups in total. The maximum absolute atomic E-state index is 12.5. The lowest BCUT2D eigenvalue weighted by Gasteiger charge is -2.20. The molecule has 3 rings (SSSR count). The highest BCUT2D eigenvalue weighted by Gasteiger charge is 2.16. The average molecular weight is 370 g/mol. The Bertz CT molecular complexity index is 779. The number of likely N-dealkylation sites (N-methyl/N-ethyl adjacent to an activating group) is 1. The van der Waals surface area contributed by atoms with Gasteiger partial charge in [0.15, 0.2) is 11.5 Å². The lowest BCUT2D eigenvalue weighted by Crippen LogP contribution is -2.32. The van der Waals surface area contributed by atoms with Gasteiger partial charge in [-0.05, 0) is 42.8 Å². The second kappa shape index (κ2) is 9.28. The number of rotatable bonds is 9. The number of anilines is 1. The number of hydrogen-bond donors (Lipinski definition) is 1. The molecule has 0 aliphatic carbocycles. The van der Waals surface area contributed by atoms with Crippen LogP contribution in [0.4, 0.5) is 5.69 Å². The van der Waals surface area contributed by atoms with Gasteiger partial charge < -0.3 is 19.5 Å². The van der Waals surface area contributed by atoms with Crippen molar-refractivity contribution in [2.24, 2.45) is 0 Å². The first kappa shape index (κ1) is 19.0. The van der Waals surface area contributed by atoms with Crippen LogP contribution >= 0.6 is 0 Å². The van der Waals surface area contributed by atoms with E-state index in [1.165, 1.54) is 0 Å². The summed E-state index contributed by atoms with van der Waals surface area (Å²) in [4.78, 5) is 14.6. The lowest BCUT2D eigenvalue weighted by atomic mass is 10.2. The van der Waals surface area contributed by atoms with E-state index in [2.05, 4.69) is 17.1 Å². The predicted molar refractivity (Wildman–Crippen MR) is 104 cm³/mol. The summed E-state index contributed by atoms with van der Waals surface area (Å²) >= 11 is 0. The molecule has 0 atom stereocenters. The van der Waals surface area contributed by atoms with Crippen LogP contribution < -0.4 is 19.5 Å². The molecule has 1 aliphatic heterocycles. The van der Waals surface area contributed by atoms with Gasteiger partial charge in [0.25, 0.3) is 0 Å². The summed E-state index contributed by atoms with van der Waals surface area (Å²) < 4.78 is 16.5. The molecule has 2 aromatic rings. The van der Waals surface area contributed by atoms with E-state index in [9.17, 15) is 4.79 Å². The van der Waals surface area contributed by atoms with Crippen LogP contribution in [0.25, 0.3) is 0 Å². The van der Waals surface area contributed by atoms with E-state index < -0.39 is 0 Å². The minimum atomic E-state index is -0.0647. The van der Waals surface area contributed by atoms with Crippen molar-refractivity contribution in [1.82, 2.24) is 4.90 Å². The normalized spacial score (nSPS) is 12.3. The van der Waals surface area contributed by atoms with Crippen molar-refractivity contribution < 1.29 is 19.0 Å². The Hall–Kier alpha value is -2.73. The first-order chi connectivity index (χ1) is 13.2. The Kier molecular flexibility index (Phi) is 6.54. The van der Waals surface area contributed by atoms with Crippen molar-refractivity contribution in [2.75, 3.05) is 31.8 Å². The molecule has 0 bridgehead atoms. The summed E-state index contributed by atoms with van der Waals surface area (Å²) in [6.07, 6.45) is 0.918. The first-order valence-electron chi connectivity index (χ1n) is 9.32. The smallest absolute Gasteiger partial charge is 0.238 e. The Labute approximate surface area is 160 Å². The predicted octanol–water partition coefficient (Wildman–Crippen LogP) is 3.66. The third kappa shape index (κ3) is 5.14. The number of carbonyl (C=O) groups excluding carboxylic acids is 1. The van der Waals surface area contributed by atoms with Crippen LogP contribution in [0, 0.1) is 0 Å². The van der Waals surface area contributed by atoms with Crippen LogP contribution in [0.2, 0.25) is 0 Å². The van der Waals surface area contributed by atoms with E-state index in [4.69, 9.17) is 14.2 Å². The standard InChI is InChI=1S/C21H26N2O4/c1-3-11-25-18-8-6-5-7-17(18)22-21(24)14-23(4-2)13-16-9-10-19-20(12-16)27-15-26-19/h5-10,12H,3-4,11,13-15H2,1-2H3,(H,22,24). The Morgan fingerprint density at radius 1 is 1.15 bits per heavy atom. The topological polar surface area (TPSA) is 60.0 Å². The number of carbonyl (C=O) groups is 1. The Balaban J connectivity index is 1.59. The molecular weight excluding hydrogens is 344 g/mol. The van der Waals surface area contributed by atoms with Crippen molar-refractivity contribution in [2.45, 2.75) is 26.8 Å². The molecule has 27 heavy (non-hydrogen) atoms. The van der Waals surface area contributed by atoms with Crippen LogP contribution in [0.1, 0.15) is 25.8 Å². The molecule has 0 spiro atoms. The van der Waals surface area contributed by atoms with Crippen LogP contribution in [0.5, 0.6) is 17.2 Å². The highest BCUT2D eigenvalue weighted by molar-refractivity contribution is 5.93. The fourth-order valence-corrected chi connectivity index (χ4v) is 2.88. The second-order valence-corrected chi connectivity index (χ2v) is 6.38. The van der Waals surface area contributed by atoms with E-state index in [1.807, 2.05) is 49.4 Å². The molecule has 1 heterocycles. The molecular formula is C21H26N2O4. The Morgan fingerprint density at radius 3 is 2.78 bits per heavy atom. The number of amides is 1. The summed E-state index contributed by atoms with van der Waals surface area (Å²) in [5.41, 5.74) is 1.79. The van der Waals surface area contributed by atoms with Crippen molar-refractivity contribution >= 4 is 11.6 Å². The molecule has 0 radical (unpaired) electrons. The third-order valence-electron chi connectivity index (χ3n) is 4.28. The zero-order chi connectivity index (χ0) is 19.1. The molecule has 0 fully saturated rings. The minimum Gasteiger partial charge on any atom is -0.491 e. The number of nitrogens with zero attached hydrogens (tertiary/aromatic N) is 1. The molecule has 0 unspecified atom stereocenters. The summed E-state index contributed by atoms with van der Waals surface area (Å²) in [5.74, 6) is 2.16. The van der Waals surface area contributed by atoms with Gasteiger partial charge in [-0.25, -0.2) is 0 Å². The highest BCUT2D eigenvalue weighted by atomic mass is 16.7. The number of para-hydroxylation sites is 2. The molecule has 0 saturated carbocycles. The van der Waals surface area contributed by atoms with Crippen LogP contribution in [-0.2, 0) is 11.3 Å². The molecule has 6 nitrogen and oxygen atoms in total. The first-order valence-corrected chi connectivity index (χ1v) is 9.32. The molecule has 1 aliphatic rings. The summed E-state index contributed by atoms with van der Waals surface area (Å²) in [6, 6.07) is 13.4. The number of ether oxygens (including phenoxy) is 3. The lowest BCUT2D eigenvalue weighted by molar-refractivity contribution is -0.117. The van der Waals surface area contributed by atoms with E-state index >= 15 is 0 Å². The SMILES string of the molecule is CCCOc1ccccc1NC(=O)CN(CC)Cc1ccc2c(c1)OCO2. The largest absolute Gasteiger partial charge is 0.491 e. The fraction of sp³-hybridized carbons (Fsp3) is 0.381. The van der Waals surface area contributed by atoms with Gasteiger partial charge in [0.2, 0.25) is 12.7 Å². The molecule has 2 aromatic carbocycles. The monoisotopic (exact) mass is 370 g/mol. The zero-order valence-corrected chi connectivity index (χ0v) is 15.9. The molecule has 0 aromatic heterocycles. The van der Waals surface area contributed by atoms with E-state index in [0.29, 0.717) is 31.1 Å². The summed E-state index contributed by atoms with van der Waals surface area (Å²) in [5, 5.41) is 2.96. The maximum atomic E-state index is 12.5. The zero-order valence-electron chi connectivity index (χ0n) is 15.9. The average Bonchev–Trinajstić information content (AvgIpc) is 3.14. The number of hydrogen-bond acceptors (Lipinski definition) is 5. The molecule has 1 amide bonds. The van der Waals surface area contributed by atoms with Gasteiger partial charge in [-0.3, -0.25) is 9.69 Å². The molecule has 144 valence electrons. The van der Waals surface area contributed by atoms with Crippen molar-refractivity contribution in [3.8, 4) is 17.2 Å². The third-order valence-corrected chi connectivity index (χ3v) is 4.28. The van der Waals surface area contributed by atoms with Crippen LogP contribution in [0.3, 0.4) is 0 Å². The Morgan fingerprint density at radius 2 is 1.96 bits per heavy atom. The van der Waals surface area contributed by atoms with Crippen molar-refractivity contribution in [3.05, 3.63) is 48.0 Å². The van der Waals surface area contributed by atoms with Crippen molar-refractivity contribution in [3.63, 3.8) is 0 Å². The van der Waals surface area contributed by atoms with Gasteiger partial charge in [0, 0.05) is 6.54 Å². The van der Waals surface area contributed by atoms with Gasteiger partial charge in [0.1, 0.15) is 5.75 Å². The van der Waals surface area contributed by atoms with Gasteiger partial charge in [0.05, 0.1) is 18.8 Å².